The van der Waals surface area contributed by atoms with E-state index in [1.165, 1.54) is 6.26 Å². The number of furan rings is 1. The smallest absolute Gasteiger partial charge is 0.288 e. The van der Waals surface area contributed by atoms with Crippen LogP contribution in [0, 0.1) is 0 Å². The first kappa shape index (κ1) is 18.1. The molecule has 0 saturated heterocycles. The van der Waals surface area contributed by atoms with Gasteiger partial charge in [-0.3, -0.25) is 19.4 Å². The van der Waals surface area contributed by atoms with Gasteiger partial charge in [0.15, 0.2) is 0 Å². The number of primary amides is 1. The summed E-state index contributed by atoms with van der Waals surface area (Å²) in [4.78, 5) is 40.4. The molecule has 3 rings (SSSR count). The summed E-state index contributed by atoms with van der Waals surface area (Å²) in [5.41, 5.74) is 6.95. The number of hydrogen-bond donors (Lipinski definition) is 2. The number of benzene rings is 1. The molecule has 1 unspecified atom stereocenters. The molecular formula is C20H17N3O4. The Morgan fingerprint density at radius 3 is 2.44 bits per heavy atom. The van der Waals surface area contributed by atoms with E-state index in [0.717, 1.165) is 5.56 Å². The van der Waals surface area contributed by atoms with Gasteiger partial charge >= 0.3 is 0 Å². The van der Waals surface area contributed by atoms with Gasteiger partial charge in [-0.2, -0.15) is 0 Å². The van der Waals surface area contributed by atoms with Gasteiger partial charge in [-0.1, -0.05) is 36.4 Å². The van der Waals surface area contributed by atoms with Crippen LogP contribution in [0.2, 0.25) is 0 Å². The number of nitrogens with one attached hydrogen (secondary N) is 1. The van der Waals surface area contributed by atoms with Crippen LogP contribution in [-0.2, 0) is 16.0 Å². The number of nitrogens with zero attached hydrogens (tertiary/aromatic N) is 1. The molecule has 0 fully saturated rings. The maximum atomic E-state index is 12.7. The van der Waals surface area contributed by atoms with E-state index in [0.29, 0.717) is 11.3 Å². The van der Waals surface area contributed by atoms with Crippen molar-refractivity contribution in [1.29, 1.82) is 0 Å². The van der Waals surface area contributed by atoms with Crippen LogP contribution in [0.1, 0.15) is 16.1 Å². The van der Waals surface area contributed by atoms with Crippen LogP contribution in [0.25, 0.3) is 11.3 Å². The van der Waals surface area contributed by atoms with E-state index >= 15 is 0 Å². The number of amides is 2. The first-order valence-corrected chi connectivity index (χ1v) is 8.23. The van der Waals surface area contributed by atoms with Gasteiger partial charge in [-0.15, -0.1) is 0 Å². The second kappa shape index (κ2) is 8.09. The Kier molecular flexibility index (Phi) is 5.41. The molecule has 0 aliphatic carbocycles. The highest BCUT2D eigenvalue weighted by Gasteiger charge is 2.28. The number of hydrogen-bond acceptors (Lipinski definition) is 5. The molecule has 27 heavy (non-hydrogen) atoms. The van der Waals surface area contributed by atoms with Gasteiger partial charge in [0.1, 0.15) is 6.04 Å². The summed E-state index contributed by atoms with van der Waals surface area (Å²) >= 11 is 0. The van der Waals surface area contributed by atoms with Gasteiger partial charge in [0.2, 0.25) is 11.5 Å². The molecular weight excluding hydrogens is 346 g/mol. The second-order valence-electron chi connectivity index (χ2n) is 5.82. The van der Waals surface area contributed by atoms with E-state index in [2.05, 4.69) is 10.3 Å². The third-order valence-electron chi connectivity index (χ3n) is 3.96. The summed E-state index contributed by atoms with van der Waals surface area (Å²) in [6.45, 7) is 0. The average molecular weight is 363 g/mol. The largest absolute Gasteiger partial charge is 0.458 e. The summed E-state index contributed by atoms with van der Waals surface area (Å²) in [5.74, 6) is -2.61. The van der Waals surface area contributed by atoms with E-state index in [-0.39, 0.29) is 12.2 Å². The third-order valence-corrected chi connectivity index (χ3v) is 3.96. The monoisotopic (exact) mass is 363 g/mol. The lowest BCUT2D eigenvalue weighted by Crippen LogP contribution is -2.47. The van der Waals surface area contributed by atoms with Gasteiger partial charge in [0, 0.05) is 12.6 Å². The molecule has 3 N–H and O–H groups in total. The van der Waals surface area contributed by atoms with Gasteiger partial charge in [-0.05, 0) is 23.8 Å². The molecule has 2 aromatic heterocycles. The van der Waals surface area contributed by atoms with E-state index in [4.69, 9.17) is 10.2 Å². The lowest BCUT2D eigenvalue weighted by Gasteiger charge is -2.16. The van der Waals surface area contributed by atoms with E-state index in [9.17, 15) is 14.4 Å². The predicted molar refractivity (Wildman–Crippen MR) is 97.5 cm³/mol. The molecule has 1 atom stereocenters. The molecule has 2 heterocycles. The highest BCUT2D eigenvalue weighted by atomic mass is 16.3. The van der Waals surface area contributed by atoms with Crippen molar-refractivity contribution in [3.63, 3.8) is 0 Å². The lowest BCUT2D eigenvalue weighted by molar-refractivity contribution is -0.137. The van der Waals surface area contributed by atoms with E-state index in [1.807, 2.05) is 6.07 Å². The van der Waals surface area contributed by atoms with Crippen molar-refractivity contribution < 1.29 is 18.8 Å². The molecule has 7 nitrogen and oxygen atoms in total. The fourth-order valence-electron chi connectivity index (χ4n) is 2.66. The third kappa shape index (κ3) is 4.27. The summed E-state index contributed by atoms with van der Waals surface area (Å²) in [6.07, 6.45) is 3.09. The average Bonchev–Trinajstić information content (AvgIpc) is 3.18. The van der Waals surface area contributed by atoms with Crippen molar-refractivity contribution >= 4 is 17.6 Å². The number of ketones is 1. The van der Waals surface area contributed by atoms with Crippen molar-refractivity contribution in [1.82, 2.24) is 10.3 Å². The minimum Gasteiger partial charge on any atom is -0.458 e. The Balaban J connectivity index is 1.84. The van der Waals surface area contributed by atoms with Crippen LogP contribution in [0.3, 0.4) is 0 Å². The summed E-state index contributed by atoms with van der Waals surface area (Å²) < 4.78 is 5.29. The number of carbonyl (C=O) groups excluding carboxylic acids is 3. The Hall–Kier alpha value is -3.74. The fraction of sp³-hybridized carbons (Fsp3) is 0.100. The zero-order chi connectivity index (χ0) is 19.2. The van der Waals surface area contributed by atoms with Crippen LogP contribution < -0.4 is 11.1 Å². The van der Waals surface area contributed by atoms with Crippen LogP contribution in [0.15, 0.2) is 71.5 Å². The first-order valence-electron chi connectivity index (χ1n) is 8.23. The minimum absolute atomic E-state index is 0.00373. The van der Waals surface area contributed by atoms with Gasteiger partial charge < -0.3 is 15.5 Å². The molecule has 0 bridgehead atoms. The molecule has 0 saturated carbocycles. The molecule has 136 valence electrons. The van der Waals surface area contributed by atoms with Crippen LogP contribution in [0.5, 0.6) is 0 Å². The number of carbonyl (C=O) groups is 3. The van der Waals surface area contributed by atoms with Gasteiger partial charge in [0.25, 0.3) is 11.8 Å². The molecule has 7 heteroatoms. The summed E-state index contributed by atoms with van der Waals surface area (Å²) in [5, 5.41) is 2.55. The molecule has 0 radical (unpaired) electrons. The zero-order valence-electron chi connectivity index (χ0n) is 14.3. The van der Waals surface area contributed by atoms with Crippen LogP contribution in [0.4, 0.5) is 0 Å². The summed E-state index contributed by atoms with van der Waals surface area (Å²) in [6, 6.07) is 14.8. The first-order chi connectivity index (χ1) is 13.1. The Morgan fingerprint density at radius 1 is 1.04 bits per heavy atom. The van der Waals surface area contributed by atoms with Crippen molar-refractivity contribution in [3.8, 4) is 11.3 Å². The van der Waals surface area contributed by atoms with E-state index < -0.39 is 23.6 Å². The van der Waals surface area contributed by atoms with Crippen molar-refractivity contribution in [2.45, 2.75) is 12.5 Å². The number of rotatable bonds is 7. The number of pyridine rings is 1. The molecule has 0 aliphatic rings. The second-order valence-corrected chi connectivity index (χ2v) is 5.82. The minimum atomic E-state index is -1.11. The van der Waals surface area contributed by atoms with Crippen LogP contribution in [-0.4, -0.2) is 28.6 Å². The molecule has 2 amide bonds. The van der Waals surface area contributed by atoms with Crippen molar-refractivity contribution in [2.75, 3.05) is 0 Å². The summed E-state index contributed by atoms with van der Waals surface area (Å²) in [7, 11) is 0. The number of nitrogens with two attached hydrogens (primary N) is 1. The van der Waals surface area contributed by atoms with E-state index in [1.54, 1.807) is 54.7 Å². The highest BCUT2D eigenvalue weighted by molar-refractivity contribution is 6.38. The highest BCUT2D eigenvalue weighted by Crippen LogP contribution is 2.22. The van der Waals surface area contributed by atoms with Gasteiger partial charge in [-0.25, -0.2) is 0 Å². The quantitative estimate of drug-likeness (QED) is 0.620. The van der Waals surface area contributed by atoms with Gasteiger partial charge in [0.05, 0.1) is 17.5 Å². The maximum absolute atomic E-state index is 12.7. The molecule has 0 aliphatic heterocycles. The Morgan fingerprint density at radius 2 is 1.78 bits per heavy atom. The number of aromatic nitrogens is 1. The fourth-order valence-corrected chi connectivity index (χ4v) is 2.66. The SMILES string of the molecule is NC(=O)C(=O)C(Cc1ccccc1)NC(=O)c1occc1-c1ccccn1. The van der Waals surface area contributed by atoms with Crippen LogP contribution >= 0.6 is 0 Å². The Bertz CT molecular complexity index is 952. The number of Topliss-reactive ketones (excluding diaryl/α,β-unsaturated/α-hetero) is 1. The zero-order valence-corrected chi connectivity index (χ0v) is 14.3. The molecule has 0 spiro atoms. The van der Waals surface area contributed by atoms with Crippen molar-refractivity contribution in [2.24, 2.45) is 5.73 Å². The molecule has 3 aromatic rings. The maximum Gasteiger partial charge on any atom is 0.288 e. The normalized spacial score (nSPS) is 11.6. The topological polar surface area (TPSA) is 115 Å². The standard InChI is InChI=1S/C20H17N3O4/c21-19(25)17(24)16(12-13-6-2-1-3-7-13)23-20(26)18-14(9-11-27-18)15-8-4-5-10-22-15/h1-11,16H,12H2,(H2,21,25)(H,23,26). The molecule has 1 aromatic carbocycles. The lowest BCUT2D eigenvalue weighted by atomic mass is 10.0. The predicted octanol–water partition coefficient (Wildman–Crippen LogP) is 1.74. The Labute approximate surface area is 155 Å². The van der Waals surface area contributed by atoms with Crippen molar-refractivity contribution in [3.05, 3.63) is 78.4 Å².